The monoisotopic (exact) mass is 588 g/mol. The first-order valence-electron chi connectivity index (χ1n) is 13.0. The molecule has 3 aromatic rings. The van der Waals surface area contributed by atoms with E-state index in [9.17, 15) is 35.5 Å². The van der Waals surface area contributed by atoms with Gasteiger partial charge in [0.05, 0.1) is 17.2 Å². The maximum atomic E-state index is 14.8. The third-order valence-corrected chi connectivity index (χ3v) is 9.08. The van der Waals surface area contributed by atoms with Gasteiger partial charge in [-0.05, 0) is 18.4 Å². The van der Waals surface area contributed by atoms with Gasteiger partial charge in [-0.15, -0.1) is 0 Å². The lowest BCUT2D eigenvalue weighted by molar-refractivity contribution is -0.140. The first-order valence-corrected chi connectivity index (χ1v) is 14.8. The Hall–Kier alpha value is -3.07. The second-order valence-electron chi connectivity index (χ2n) is 10.5. The second-order valence-corrected chi connectivity index (χ2v) is 12.5. The fourth-order valence-corrected chi connectivity index (χ4v) is 6.62. The normalized spacial score (nSPS) is 20.0. The highest BCUT2D eigenvalue weighted by Gasteiger charge is 2.39. The number of nitrogens with zero attached hydrogens (tertiary/aromatic N) is 6. The molecule has 40 heavy (non-hydrogen) atoms. The van der Waals surface area contributed by atoms with Crippen LogP contribution in [0.2, 0.25) is 0 Å². The second kappa shape index (κ2) is 10.4. The molecule has 1 saturated carbocycles. The smallest absolute Gasteiger partial charge is 0.419 e. The summed E-state index contributed by atoms with van der Waals surface area (Å²) < 4.78 is 96.3. The molecule has 1 aliphatic heterocycles. The number of anilines is 1. The van der Waals surface area contributed by atoms with Gasteiger partial charge in [-0.2, -0.15) is 27.6 Å². The fourth-order valence-electron chi connectivity index (χ4n) is 5.77. The lowest BCUT2D eigenvalue weighted by atomic mass is 9.84. The minimum absolute atomic E-state index is 0.0999. The van der Waals surface area contributed by atoms with Gasteiger partial charge in [-0.25, -0.2) is 26.9 Å². The number of rotatable bonds is 5. The van der Waals surface area contributed by atoms with Crippen LogP contribution >= 0.6 is 0 Å². The third kappa shape index (κ3) is 5.32. The number of piperazine rings is 1. The Morgan fingerprint density at radius 2 is 1.80 bits per heavy atom. The largest absolute Gasteiger partial charge is 0.503 e. The molecule has 0 radical (unpaired) electrons. The van der Waals surface area contributed by atoms with Gasteiger partial charge in [0.1, 0.15) is 5.69 Å². The van der Waals surface area contributed by atoms with Crippen molar-refractivity contribution in [2.75, 3.05) is 30.8 Å². The van der Waals surface area contributed by atoms with Crippen LogP contribution in [-0.4, -0.2) is 69.5 Å². The molecule has 1 N–H and O–H groups in total. The number of alkyl halides is 3. The number of hydrogen-bond donors (Lipinski definition) is 1. The first-order chi connectivity index (χ1) is 18.8. The van der Waals surface area contributed by atoms with Crippen molar-refractivity contribution >= 4 is 27.0 Å². The number of phenolic OH excluding ortho intramolecular Hbond substituents is 1. The van der Waals surface area contributed by atoms with Crippen molar-refractivity contribution in [3.63, 3.8) is 0 Å². The minimum Gasteiger partial charge on any atom is -0.503 e. The first kappa shape index (κ1) is 28.5. The highest BCUT2D eigenvalue weighted by atomic mass is 32.2. The quantitative estimate of drug-likeness (QED) is 0.439. The Morgan fingerprint density at radius 1 is 1.10 bits per heavy atom. The number of halogens is 5. The van der Waals surface area contributed by atoms with Crippen LogP contribution in [0.5, 0.6) is 5.75 Å². The number of aryl methyl sites for hydroxylation is 1. The molecule has 0 amide bonds. The van der Waals surface area contributed by atoms with E-state index in [1.165, 1.54) is 34.9 Å². The molecular formula is C25H29F5N6O3S. The molecular weight excluding hydrogens is 559 g/mol. The molecule has 1 atom stereocenters. The van der Waals surface area contributed by atoms with Crippen LogP contribution < -0.4 is 4.90 Å². The minimum atomic E-state index is -5.18. The summed E-state index contributed by atoms with van der Waals surface area (Å²) >= 11 is 0. The Balaban J connectivity index is 1.54. The van der Waals surface area contributed by atoms with Gasteiger partial charge in [0, 0.05) is 44.5 Å². The van der Waals surface area contributed by atoms with Crippen LogP contribution in [0.1, 0.15) is 44.1 Å². The Labute approximate surface area is 227 Å². The van der Waals surface area contributed by atoms with Crippen LogP contribution in [0, 0.1) is 17.6 Å². The van der Waals surface area contributed by atoms with Crippen molar-refractivity contribution in [1.82, 2.24) is 24.1 Å². The van der Waals surface area contributed by atoms with Crippen molar-refractivity contribution < 1.29 is 35.5 Å². The lowest BCUT2D eigenvalue weighted by Gasteiger charge is -2.42. The fraction of sp³-hybridized carbons (Fsp3) is 0.560. The van der Waals surface area contributed by atoms with E-state index in [-0.39, 0.29) is 47.9 Å². The SMILES string of the molecule is Cn1nc(-c2cc(C(F)(F)F)c(F)c(O)c2F)c2cnc(N3CCN(S(C)(=O)=O)CC3CC3CCCCC3)nc21. The number of fused-ring (bicyclic) bond motifs is 1. The number of sulfonamides is 1. The van der Waals surface area contributed by atoms with Gasteiger partial charge < -0.3 is 10.0 Å². The van der Waals surface area contributed by atoms with E-state index >= 15 is 0 Å². The molecule has 5 rings (SSSR count). The van der Waals surface area contributed by atoms with Gasteiger partial charge in [0.25, 0.3) is 0 Å². The lowest BCUT2D eigenvalue weighted by Crippen LogP contribution is -2.55. The van der Waals surface area contributed by atoms with Gasteiger partial charge in [0.15, 0.2) is 23.0 Å². The van der Waals surface area contributed by atoms with E-state index < -0.39 is 44.7 Å². The topological polar surface area (TPSA) is 104 Å². The van der Waals surface area contributed by atoms with Crippen molar-refractivity contribution in [2.45, 2.75) is 50.7 Å². The zero-order valence-electron chi connectivity index (χ0n) is 21.9. The number of phenols is 1. The number of aromatic hydroxyl groups is 1. The Morgan fingerprint density at radius 3 is 2.45 bits per heavy atom. The van der Waals surface area contributed by atoms with E-state index in [0.717, 1.165) is 32.1 Å². The summed E-state index contributed by atoms with van der Waals surface area (Å²) in [5.74, 6) is -4.72. The maximum Gasteiger partial charge on any atom is 0.419 e. The molecule has 1 aliphatic carbocycles. The van der Waals surface area contributed by atoms with Crippen molar-refractivity contribution in [3.05, 3.63) is 29.5 Å². The van der Waals surface area contributed by atoms with Crippen LogP contribution in [0.4, 0.5) is 27.9 Å². The van der Waals surface area contributed by atoms with E-state index in [1.807, 2.05) is 4.90 Å². The molecule has 15 heteroatoms. The molecule has 2 aliphatic rings. The predicted octanol–water partition coefficient (Wildman–Crippen LogP) is 4.45. The summed E-state index contributed by atoms with van der Waals surface area (Å²) in [6.45, 7) is 0.835. The summed E-state index contributed by atoms with van der Waals surface area (Å²) in [5, 5.41) is 14.0. The molecule has 3 heterocycles. The van der Waals surface area contributed by atoms with E-state index in [4.69, 9.17) is 0 Å². The number of benzene rings is 1. The molecule has 0 spiro atoms. The summed E-state index contributed by atoms with van der Waals surface area (Å²) in [4.78, 5) is 10.9. The zero-order chi connectivity index (χ0) is 29.0. The maximum absolute atomic E-state index is 14.8. The van der Waals surface area contributed by atoms with Crippen LogP contribution in [0.25, 0.3) is 22.3 Å². The molecule has 1 aromatic carbocycles. The Bertz CT molecular complexity index is 1540. The van der Waals surface area contributed by atoms with Crippen molar-refractivity contribution in [1.29, 1.82) is 0 Å². The summed E-state index contributed by atoms with van der Waals surface area (Å²) in [6, 6.07) is 0.0718. The molecule has 0 bridgehead atoms. The summed E-state index contributed by atoms with van der Waals surface area (Å²) in [7, 11) is -1.94. The van der Waals surface area contributed by atoms with Crippen molar-refractivity contribution in [3.8, 4) is 17.0 Å². The standard InChI is InChI=1S/C25H29F5N6O3S/c1-34-23-17(21(33-34)16-11-18(25(28,29)30)20(27)22(37)19(16)26)12-31-24(32-23)36-9-8-35(40(2,38)39)13-15(36)10-14-6-4-3-5-7-14/h11-12,14-15,37H,3-10,13H2,1-2H3. The molecule has 2 aromatic heterocycles. The third-order valence-electron chi connectivity index (χ3n) is 7.81. The van der Waals surface area contributed by atoms with Crippen molar-refractivity contribution in [2.24, 2.45) is 13.0 Å². The van der Waals surface area contributed by atoms with E-state index in [0.29, 0.717) is 12.5 Å². The van der Waals surface area contributed by atoms with Gasteiger partial charge in [-0.3, -0.25) is 0 Å². The molecule has 9 nitrogen and oxygen atoms in total. The molecule has 1 saturated heterocycles. The van der Waals surface area contributed by atoms with Gasteiger partial charge >= 0.3 is 6.18 Å². The van der Waals surface area contributed by atoms with Crippen LogP contribution in [0.3, 0.4) is 0 Å². The predicted molar refractivity (Wildman–Crippen MR) is 137 cm³/mol. The van der Waals surface area contributed by atoms with Crippen LogP contribution in [-0.2, 0) is 23.2 Å². The van der Waals surface area contributed by atoms with E-state index in [1.54, 1.807) is 0 Å². The van der Waals surface area contributed by atoms with Gasteiger partial charge in [-0.1, -0.05) is 32.1 Å². The highest BCUT2D eigenvalue weighted by Crippen LogP contribution is 2.41. The molecule has 218 valence electrons. The average molecular weight is 589 g/mol. The van der Waals surface area contributed by atoms with E-state index in [2.05, 4.69) is 15.1 Å². The average Bonchev–Trinajstić information content (AvgIpc) is 3.22. The van der Waals surface area contributed by atoms with Gasteiger partial charge in [0.2, 0.25) is 16.0 Å². The number of hydrogen-bond acceptors (Lipinski definition) is 7. The zero-order valence-corrected chi connectivity index (χ0v) is 22.7. The summed E-state index contributed by atoms with van der Waals surface area (Å²) in [6.07, 6.45) is 3.60. The number of aromatic nitrogens is 4. The Kier molecular flexibility index (Phi) is 7.40. The van der Waals surface area contributed by atoms with Crippen LogP contribution in [0.15, 0.2) is 12.3 Å². The highest BCUT2D eigenvalue weighted by molar-refractivity contribution is 7.88. The molecule has 2 fully saturated rings. The molecule has 1 unspecified atom stereocenters. The summed E-state index contributed by atoms with van der Waals surface area (Å²) in [5.41, 5.74) is -2.68.